The summed E-state index contributed by atoms with van der Waals surface area (Å²) < 4.78 is 11.0. The van der Waals surface area contributed by atoms with E-state index in [1.165, 1.54) is 0 Å². The van der Waals surface area contributed by atoms with Crippen LogP contribution in [0.3, 0.4) is 0 Å². The summed E-state index contributed by atoms with van der Waals surface area (Å²) in [5.41, 5.74) is 4.50. The van der Waals surface area contributed by atoms with E-state index in [2.05, 4.69) is 22.8 Å². The second-order valence-corrected chi connectivity index (χ2v) is 9.21. The number of hydrogen-bond acceptors (Lipinski definition) is 6. The normalized spacial score (nSPS) is 13.9. The molecule has 2 aromatic rings. The number of carbonyl (C=O) groups is 3. The smallest absolute Gasteiger partial charge is 0.407 e. The number of carbonyl (C=O) groups excluding carboxylic acids is 2. The predicted octanol–water partition coefficient (Wildman–Crippen LogP) is 3.64. The Hall–Kier alpha value is -3.04. The van der Waals surface area contributed by atoms with Gasteiger partial charge in [-0.1, -0.05) is 48.5 Å². The van der Waals surface area contributed by atoms with Crippen molar-refractivity contribution in [3.8, 4) is 11.1 Å². The number of amides is 2. The maximum absolute atomic E-state index is 12.8. The summed E-state index contributed by atoms with van der Waals surface area (Å²) in [7, 11) is 0. The molecular weight excluding hydrogens is 468 g/mol. The maximum atomic E-state index is 12.8. The van der Waals surface area contributed by atoms with Gasteiger partial charge >= 0.3 is 12.1 Å². The quantitative estimate of drug-likeness (QED) is 0.385. The Balaban J connectivity index is 1.59. The number of fused-ring (bicyclic) bond motifs is 3. The zero-order valence-corrected chi connectivity index (χ0v) is 20.8. The predicted molar refractivity (Wildman–Crippen MR) is 136 cm³/mol. The van der Waals surface area contributed by atoms with Gasteiger partial charge in [0.1, 0.15) is 12.6 Å². The third-order valence-corrected chi connectivity index (χ3v) is 6.52. The van der Waals surface area contributed by atoms with Gasteiger partial charge in [0.15, 0.2) is 0 Å². The van der Waals surface area contributed by atoms with Crippen LogP contribution in [-0.2, 0) is 19.1 Å². The zero-order chi connectivity index (χ0) is 25.2. The fourth-order valence-corrected chi connectivity index (χ4v) is 4.72. The summed E-state index contributed by atoms with van der Waals surface area (Å²) >= 11 is 1.56. The van der Waals surface area contributed by atoms with Gasteiger partial charge in [-0.15, -0.1) is 0 Å². The minimum atomic E-state index is -1.01. The van der Waals surface area contributed by atoms with Crippen LogP contribution in [0.5, 0.6) is 0 Å². The molecule has 9 heteroatoms. The number of aliphatic carboxylic acids is 1. The van der Waals surface area contributed by atoms with Crippen LogP contribution in [-0.4, -0.2) is 67.0 Å². The molecule has 35 heavy (non-hydrogen) atoms. The molecule has 0 heterocycles. The molecule has 0 radical (unpaired) electrons. The average Bonchev–Trinajstić information content (AvgIpc) is 3.17. The average molecular weight is 501 g/mol. The Morgan fingerprint density at radius 1 is 1.06 bits per heavy atom. The third kappa shape index (κ3) is 7.22. The fraction of sp³-hybridized carbons (Fsp3) is 0.423. The largest absolute Gasteiger partial charge is 0.481 e. The van der Waals surface area contributed by atoms with E-state index in [0.29, 0.717) is 18.8 Å². The van der Waals surface area contributed by atoms with Crippen LogP contribution < -0.4 is 10.6 Å². The van der Waals surface area contributed by atoms with Gasteiger partial charge in [-0.3, -0.25) is 9.59 Å². The van der Waals surface area contributed by atoms with Crippen molar-refractivity contribution in [1.82, 2.24) is 10.6 Å². The van der Waals surface area contributed by atoms with Crippen LogP contribution in [0.4, 0.5) is 4.79 Å². The third-order valence-electron chi connectivity index (χ3n) is 5.87. The van der Waals surface area contributed by atoms with Gasteiger partial charge in [-0.2, -0.15) is 11.8 Å². The van der Waals surface area contributed by atoms with E-state index in [0.717, 1.165) is 22.3 Å². The Bertz CT molecular complexity index is 985. The van der Waals surface area contributed by atoms with Crippen molar-refractivity contribution in [2.45, 2.75) is 37.8 Å². The van der Waals surface area contributed by atoms with Crippen molar-refractivity contribution in [1.29, 1.82) is 0 Å². The summed E-state index contributed by atoms with van der Waals surface area (Å²) in [6.07, 6.45) is 0.802. The molecule has 3 N–H and O–H groups in total. The number of hydrogen-bond donors (Lipinski definition) is 3. The first-order chi connectivity index (χ1) is 16.9. The van der Waals surface area contributed by atoms with Crippen LogP contribution in [0.25, 0.3) is 11.1 Å². The highest BCUT2D eigenvalue weighted by atomic mass is 32.2. The molecule has 0 saturated carbocycles. The van der Waals surface area contributed by atoms with Crippen LogP contribution in [0.2, 0.25) is 0 Å². The van der Waals surface area contributed by atoms with Crippen molar-refractivity contribution in [3.63, 3.8) is 0 Å². The number of carboxylic acid groups (broad SMARTS) is 1. The molecule has 0 spiro atoms. The van der Waals surface area contributed by atoms with Crippen molar-refractivity contribution < 1.29 is 29.0 Å². The maximum Gasteiger partial charge on any atom is 0.407 e. The molecule has 1 aliphatic rings. The molecule has 0 fully saturated rings. The van der Waals surface area contributed by atoms with E-state index in [-0.39, 0.29) is 25.5 Å². The number of nitrogens with one attached hydrogen (secondary N) is 2. The first kappa shape index (κ1) is 26.6. The first-order valence-electron chi connectivity index (χ1n) is 11.7. The minimum absolute atomic E-state index is 0.0428. The highest BCUT2D eigenvalue weighted by molar-refractivity contribution is 7.98. The number of thioether (sulfide) groups is 1. The summed E-state index contributed by atoms with van der Waals surface area (Å²) in [6.45, 7) is 2.29. The van der Waals surface area contributed by atoms with Gasteiger partial charge in [-0.05, 0) is 47.6 Å². The molecule has 0 aliphatic heterocycles. The molecule has 2 aromatic carbocycles. The summed E-state index contributed by atoms with van der Waals surface area (Å²) in [5.74, 6) is -0.822. The van der Waals surface area contributed by atoms with Gasteiger partial charge in [0.2, 0.25) is 5.91 Å². The molecule has 0 bridgehead atoms. The summed E-state index contributed by atoms with van der Waals surface area (Å²) in [4.78, 5) is 36.5. The van der Waals surface area contributed by atoms with Gasteiger partial charge in [-0.25, -0.2) is 4.79 Å². The molecule has 8 nitrogen and oxygen atoms in total. The van der Waals surface area contributed by atoms with Gasteiger partial charge in [0, 0.05) is 19.1 Å². The van der Waals surface area contributed by atoms with Crippen LogP contribution in [0.1, 0.15) is 36.8 Å². The number of alkyl carbamates (subject to hydrolysis) is 1. The Kier molecular flexibility index (Phi) is 9.98. The lowest BCUT2D eigenvalue weighted by molar-refractivity contribution is -0.140. The highest BCUT2D eigenvalue weighted by Crippen LogP contribution is 2.44. The van der Waals surface area contributed by atoms with Crippen LogP contribution in [0, 0.1) is 0 Å². The van der Waals surface area contributed by atoms with E-state index in [9.17, 15) is 14.4 Å². The lowest BCUT2D eigenvalue weighted by Crippen LogP contribution is -2.49. The van der Waals surface area contributed by atoms with Gasteiger partial charge < -0.3 is 25.2 Å². The second-order valence-electron chi connectivity index (χ2n) is 8.22. The number of ether oxygens (including phenoxy) is 2. The zero-order valence-electron chi connectivity index (χ0n) is 20.0. The van der Waals surface area contributed by atoms with E-state index in [4.69, 9.17) is 14.6 Å². The van der Waals surface area contributed by atoms with E-state index >= 15 is 0 Å². The molecule has 2 unspecified atom stereocenters. The minimum Gasteiger partial charge on any atom is -0.481 e. The van der Waals surface area contributed by atoms with Crippen LogP contribution in [0.15, 0.2) is 48.5 Å². The van der Waals surface area contributed by atoms with Gasteiger partial charge in [0.05, 0.1) is 12.5 Å². The molecule has 1 aliphatic carbocycles. The standard InChI is InChI=1S/C26H32N2O6S/c1-3-33-17(14-24(29)30)15-27-25(31)23(12-13-35-2)28-26(32)34-16-22-20-10-6-4-8-18(20)19-9-5-7-11-21(19)22/h4-11,17,22-23H,3,12-16H2,1-2H3,(H,27,31)(H,28,32)(H,29,30). The van der Waals surface area contributed by atoms with Crippen LogP contribution >= 0.6 is 11.8 Å². The highest BCUT2D eigenvalue weighted by Gasteiger charge is 2.30. The Morgan fingerprint density at radius 2 is 1.69 bits per heavy atom. The number of benzene rings is 2. The summed E-state index contributed by atoms with van der Waals surface area (Å²) in [6, 6.07) is 15.4. The van der Waals surface area contributed by atoms with E-state index in [1.54, 1.807) is 18.7 Å². The van der Waals surface area contributed by atoms with E-state index < -0.39 is 30.1 Å². The summed E-state index contributed by atoms with van der Waals surface area (Å²) in [5, 5.41) is 14.4. The Morgan fingerprint density at radius 3 is 2.26 bits per heavy atom. The number of carboxylic acids is 1. The number of rotatable bonds is 13. The lowest BCUT2D eigenvalue weighted by atomic mass is 9.98. The molecule has 188 valence electrons. The first-order valence-corrected chi connectivity index (χ1v) is 13.1. The molecule has 0 saturated heterocycles. The molecular formula is C26H32N2O6S. The molecule has 0 aromatic heterocycles. The monoisotopic (exact) mass is 500 g/mol. The molecule has 2 atom stereocenters. The van der Waals surface area contributed by atoms with Crippen molar-refractivity contribution in [3.05, 3.63) is 59.7 Å². The SMILES string of the molecule is CCOC(CNC(=O)C(CCSC)NC(=O)OCC1c2ccccc2-c2ccccc21)CC(=O)O. The van der Waals surface area contributed by atoms with Crippen molar-refractivity contribution in [2.24, 2.45) is 0 Å². The van der Waals surface area contributed by atoms with E-state index in [1.807, 2.05) is 42.7 Å². The lowest BCUT2D eigenvalue weighted by Gasteiger charge is -2.21. The fourth-order valence-electron chi connectivity index (χ4n) is 4.24. The molecule has 3 rings (SSSR count). The Labute approximate surface area is 209 Å². The van der Waals surface area contributed by atoms with Gasteiger partial charge in [0.25, 0.3) is 0 Å². The second kappa shape index (κ2) is 13.2. The van der Waals surface area contributed by atoms with Crippen molar-refractivity contribution >= 4 is 29.7 Å². The topological polar surface area (TPSA) is 114 Å². The van der Waals surface area contributed by atoms with Crippen molar-refractivity contribution in [2.75, 3.05) is 31.8 Å². The molecule has 2 amide bonds.